The van der Waals surface area contributed by atoms with Gasteiger partial charge in [0.15, 0.2) is 5.78 Å². The molecule has 0 spiro atoms. The number of nitrogens with zero attached hydrogens (tertiary/aromatic N) is 1. The van der Waals surface area contributed by atoms with Crippen molar-refractivity contribution in [2.75, 3.05) is 0 Å². The van der Waals surface area contributed by atoms with E-state index in [1.807, 2.05) is 20.8 Å². The van der Waals surface area contributed by atoms with Crippen molar-refractivity contribution in [3.63, 3.8) is 0 Å². The Balaban J connectivity index is 4.68. The van der Waals surface area contributed by atoms with Crippen molar-refractivity contribution in [1.82, 2.24) is 0 Å². The second-order valence-corrected chi connectivity index (χ2v) is 2.83. The lowest BCUT2D eigenvalue weighted by Gasteiger charge is -1.98. The Morgan fingerprint density at radius 1 is 1.00 bits per heavy atom. The van der Waals surface area contributed by atoms with Gasteiger partial charge in [0, 0.05) is 17.0 Å². The highest BCUT2D eigenvalue weighted by Crippen LogP contribution is 2.05. The van der Waals surface area contributed by atoms with Crippen LogP contribution in [-0.2, 0) is 4.79 Å². The van der Waals surface area contributed by atoms with Crippen LogP contribution in [-0.4, -0.2) is 11.5 Å². The second-order valence-electron chi connectivity index (χ2n) is 2.83. The molecule has 2 heteroatoms. The molecule has 11 heavy (non-hydrogen) atoms. The van der Waals surface area contributed by atoms with Gasteiger partial charge in [-0.3, -0.25) is 9.79 Å². The molecule has 0 rings (SSSR count). The summed E-state index contributed by atoms with van der Waals surface area (Å²) in [6.07, 6.45) is 0. The topological polar surface area (TPSA) is 29.4 Å². The van der Waals surface area contributed by atoms with Crippen LogP contribution in [0.2, 0.25) is 0 Å². The summed E-state index contributed by atoms with van der Waals surface area (Å²) in [6.45, 7) is 9.03. The molecule has 0 heterocycles. The fraction of sp³-hybridized carbons (Fsp3) is 0.556. The predicted octanol–water partition coefficient (Wildman–Crippen LogP) is 2.35. The van der Waals surface area contributed by atoms with Gasteiger partial charge >= 0.3 is 0 Å². The van der Waals surface area contributed by atoms with E-state index in [1.165, 1.54) is 0 Å². The number of aliphatic imine (C=N–C) groups is 1. The Labute approximate surface area is 68.0 Å². The van der Waals surface area contributed by atoms with Gasteiger partial charge in [-0.25, -0.2) is 0 Å². The van der Waals surface area contributed by atoms with E-state index in [1.54, 1.807) is 13.8 Å². The molecule has 0 aromatic carbocycles. The first-order chi connectivity index (χ1) is 4.95. The summed E-state index contributed by atoms with van der Waals surface area (Å²) in [5.41, 5.74) is 2.53. The normalized spacial score (nSPS) is 12.1. The van der Waals surface area contributed by atoms with Crippen LogP contribution < -0.4 is 0 Å². The molecular weight excluding hydrogens is 138 g/mol. The summed E-state index contributed by atoms with van der Waals surface area (Å²) in [6, 6.07) is 0. The van der Waals surface area contributed by atoms with E-state index in [4.69, 9.17) is 0 Å². The van der Waals surface area contributed by atoms with Crippen molar-refractivity contribution in [2.45, 2.75) is 34.6 Å². The Kier molecular flexibility index (Phi) is 3.72. The van der Waals surface area contributed by atoms with E-state index in [0.29, 0.717) is 0 Å². The molecule has 0 aliphatic rings. The quantitative estimate of drug-likeness (QED) is 0.442. The third kappa shape index (κ3) is 3.71. The monoisotopic (exact) mass is 153 g/mol. The summed E-state index contributed by atoms with van der Waals surface area (Å²) < 4.78 is 0. The van der Waals surface area contributed by atoms with Gasteiger partial charge < -0.3 is 0 Å². The van der Waals surface area contributed by atoms with Gasteiger partial charge in [-0.2, -0.15) is 0 Å². The van der Waals surface area contributed by atoms with Gasteiger partial charge in [0.05, 0.1) is 0 Å². The zero-order chi connectivity index (χ0) is 9.02. The molecular formula is C9H15NO. The zero-order valence-electron chi connectivity index (χ0n) is 7.86. The third-order valence-electron chi connectivity index (χ3n) is 1.46. The Morgan fingerprint density at radius 2 is 1.45 bits per heavy atom. The van der Waals surface area contributed by atoms with Gasteiger partial charge in [0.2, 0.25) is 0 Å². The average Bonchev–Trinajstić information content (AvgIpc) is 1.84. The third-order valence-corrected chi connectivity index (χ3v) is 1.46. The molecule has 2 nitrogen and oxygen atoms in total. The molecule has 0 fully saturated rings. The van der Waals surface area contributed by atoms with E-state index < -0.39 is 0 Å². The van der Waals surface area contributed by atoms with E-state index in [0.717, 1.165) is 17.0 Å². The van der Waals surface area contributed by atoms with Crippen LogP contribution in [0.3, 0.4) is 0 Å². The molecule has 0 aliphatic heterocycles. The number of hydrogen-bond acceptors (Lipinski definition) is 2. The molecule has 0 aromatic rings. The molecule has 0 amide bonds. The summed E-state index contributed by atoms with van der Waals surface area (Å²) >= 11 is 0. The minimum atomic E-state index is 0.0903. The first kappa shape index (κ1) is 10.1. The number of Topliss-reactive ketones (excluding diaryl/α,β-unsaturated/α-hetero) is 1. The van der Waals surface area contributed by atoms with Gasteiger partial charge in [-0.1, -0.05) is 0 Å². The molecule has 0 aromatic heterocycles. The Bertz CT molecular complexity index is 220. The summed E-state index contributed by atoms with van der Waals surface area (Å²) in [7, 11) is 0. The highest BCUT2D eigenvalue weighted by Gasteiger charge is 1.99. The fourth-order valence-corrected chi connectivity index (χ4v) is 0.674. The number of allylic oxidation sites excluding steroid dienone is 2. The zero-order valence-corrected chi connectivity index (χ0v) is 7.86. The SMILES string of the molecule is CC(=O)/C(C)=C(/C)N=C(C)C. The van der Waals surface area contributed by atoms with Crippen LogP contribution >= 0.6 is 0 Å². The smallest absolute Gasteiger partial charge is 0.157 e. The van der Waals surface area contributed by atoms with Gasteiger partial charge in [-0.15, -0.1) is 0 Å². The molecule has 0 aliphatic carbocycles. The second kappa shape index (κ2) is 4.06. The van der Waals surface area contributed by atoms with E-state index in [9.17, 15) is 4.79 Å². The summed E-state index contributed by atoms with van der Waals surface area (Å²) in [4.78, 5) is 15.0. The van der Waals surface area contributed by atoms with Crippen LogP contribution in [0.25, 0.3) is 0 Å². The van der Waals surface area contributed by atoms with Crippen LogP contribution in [0.4, 0.5) is 0 Å². The van der Waals surface area contributed by atoms with Crippen LogP contribution in [0.15, 0.2) is 16.3 Å². The highest BCUT2D eigenvalue weighted by molar-refractivity contribution is 5.93. The minimum Gasteiger partial charge on any atom is -0.295 e. The number of carbonyl (C=O) groups is 1. The molecule has 0 radical (unpaired) electrons. The molecule has 0 saturated heterocycles. The van der Waals surface area contributed by atoms with Crippen LogP contribution in [0, 0.1) is 0 Å². The number of hydrogen-bond donors (Lipinski definition) is 0. The van der Waals surface area contributed by atoms with Gasteiger partial charge in [-0.05, 0) is 34.6 Å². The van der Waals surface area contributed by atoms with Gasteiger partial charge in [0.1, 0.15) is 0 Å². The van der Waals surface area contributed by atoms with Gasteiger partial charge in [0.25, 0.3) is 0 Å². The maximum Gasteiger partial charge on any atom is 0.157 e. The molecule has 0 unspecified atom stereocenters. The maximum absolute atomic E-state index is 10.8. The lowest BCUT2D eigenvalue weighted by molar-refractivity contribution is -0.113. The summed E-state index contributed by atoms with van der Waals surface area (Å²) in [5, 5.41) is 0. The Morgan fingerprint density at radius 3 is 1.73 bits per heavy atom. The lowest BCUT2D eigenvalue weighted by Crippen LogP contribution is -1.95. The largest absolute Gasteiger partial charge is 0.295 e. The van der Waals surface area contributed by atoms with Crippen molar-refractivity contribution in [1.29, 1.82) is 0 Å². The number of ketones is 1. The van der Waals surface area contributed by atoms with Crippen LogP contribution in [0.1, 0.15) is 34.6 Å². The predicted molar refractivity (Wildman–Crippen MR) is 47.8 cm³/mol. The molecule has 0 bridgehead atoms. The fourth-order valence-electron chi connectivity index (χ4n) is 0.674. The number of carbonyl (C=O) groups excluding carboxylic acids is 1. The average molecular weight is 153 g/mol. The van der Waals surface area contributed by atoms with E-state index >= 15 is 0 Å². The van der Waals surface area contributed by atoms with E-state index in [-0.39, 0.29) is 5.78 Å². The lowest BCUT2D eigenvalue weighted by atomic mass is 10.2. The standard InChI is InChI=1S/C9H15NO/c1-6(2)10-8(4)7(3)9(5)11/h1-5H3/b8-7-. The summed E-state index contributed by atoms with van der Waals surface area (Å²) in [5.74, 6) is 0.0903. The molecule has 0 atom stereocenters. The van der Waals surface area contributed by atoms with Crippen molar-refractivity contribution >= 4 is 11.5 Å². The van der Waals surface area contributed by atoms with E-state index in [2.05, 4.69) is 4.99 Å². The molecule has 62 valence electrons. The Hall–Kier alpha value is -0.920. The van der Waals surface area contributed by atoms with Crippen molar-refractivity contribution in [3.05, 3.63) is 11.3 Å². The first-order valence-corrected chi connectivity index (χ1v) is 3.65. The van der Waals surface area contributed by atoms with Crippen molar-refractivity contribution in [2.24, 2.45) is 4.99 Å². The highest BCUT2D eigenvalue weighted by atomic mass is 16.1. The number of rotatable bonds is 2. The van der Waals surface area contributed by atoms with Crippen molar-refractivity contribution < 1.29 is 4.79 Å². The minimum absolute atomic E-state index is 0.0903. The molecule has 0 N–H and O–H groups in total. The van der Waals surface area contributed by atoms with Crippen LogP contribution in [0.5, 0.6) is 0 Å². The molecule has 0 saturated carbocycles. The maximum atomic E-state index is 10.8. The first-order valence-electron chi connectivity index (χ1n) is 3.65. The van der Waals surface area contributed by atoms with Crippen molar-refractivity contribution in [3.8, 4) is 0 Å².